The van der Waals surface area contributed by atoms with Crippen molar-refractivity contribution >= 4 is 11.0 Å². The molecule has 1 aromatic carbocycles. The predicted molar refractivity (Wildman–Crippen MR) is 122 cm³/mol. The van der Waals surface area contributed by atoms with Crippen LogP contribution in [0.1, 0.15) is 37.8 Å². The van der Waals surface area contributed by atoms with E-state index in [1.807, 2.05) is 20.0 Å². The molecule has 0 aliphatic heterocycles. The van der Waals surface area contributed by atoms with Crippen LogP contribution in [-0.4, -0.2) is 14.7 Å². The second-order valence-electron chi connectivity index (χ2n) is 8.95. The van der Waals surface area contributed by atoms with Gasteiger partial charge in [-0.15, -0.1) is 0 Å². The van der Waals surface area contributed by atoms with Gasteiger partial charge in [-0.3, -0.25) is 4.98 Å². The summed E-state index contributed by atoms with van der Waals surface area (Å²) in [5.74, 6) is 0.785. The van der Waals surface area contributed by atoms with E-state index in [2.05, 4.69) is 73.6 Å². The molecule has 0 bridgehead atoms. The third kappa shape index (κ3) is 3.52. The lowest BCUT2D eigenvalue weighted by atomic mass is 9.86. The number of fused-ring (bicyclic) bond motifs is 1. The standard InChI is InChI=1S/C25H28N4O/c1-15(26)13-29-14-21(18-7-9-20(10-8-18)25(4,5)6)24-22(29)11-19(12-27-24)23-16(2)28-30-17(23)3/h7-12,14H,1,13,26H2,2-6H3. The lowest BCUT2D eigenvalue weighted by Gasteiger charge is -2.19. The molecule has 154 valence electrons. The summed E-state index contributed by atoms with van der Waals surface area (Å²) >= 11 is 0. The number of nitrogens with two attached hydrogens (primary N) is 1. The Morgan fingerprint density at radius 1 is 1.13 bits per heavy atom. The van der Waals surface area contributed by atoms with Crippen molar-refractivity contribution in [2.75, 3.05) is 0 Å². The molecule has 5 heteroatoms. The Morgan fingerprint density at radius 2 is 1.83 bits per heavy atom. The Bertz CT molecular complexity index is 1220. The van der Waals surface area contributed by atoms with Gasteiger partial charge in [0.2, 0.25) is 0 Å². The predicted octanol–water partition coefficient (Wildman–Crippen LogP) is 5.75. The second kappa shape index (κ2) is 7.17. The summed E-state index contributed by atoms with van der Waals surface area (Å²) < 4.78 is 7.46. The van der Waals surface area contributed by atoms with E-state index in [-0.39, 0.29) is 5.41 Å². The summed E-state index contributed by atoms with van der Waals surface area (Å²) in [6.45, 7) is 14.9. The first-order valence-electron chi connectivity index (χ1n) is 10.1. The number of nitrogens with zero attached hydrogens (tertiary/aromatic N) is 3. The lowest BCUT2D eigenvalue weighted by molar-refractivity contribution is 0.393. The Balaban J connectivity index is 1.88. The van der Waals surface area contributed by atoms with Gasteiger partial charge in [-0.05, 0) is 36.5 Å². The third-order valence-electron chi connectivity index (χ3n) is 5.47. The van der Waals surface area contributed by atoms with Crippen LogP contribution in [0.25, 0.3) is 33.3 Å². The van der Waals surface area contributed by atoms with Gasteiger partial charge < -0.3 is 14.8 Å². The van der Waals surface area contributed by atoms with Gasteiger partial charge in [0.1, 0.15) is 5.76 Å². The molecular weight excluding hydrogens is 372 g/mol. The Hall–Kier alpha value is -3.34. The maximum absolute atomic E-state index is 5.95. The van der Waals surface area contributed by atoms with Gasteiger partial charge in [-0.2, -0.15) is 0 Å². The van der Waals surface area contributed by atoms with E-state index >= 15 is 0 Å². The first-order valence-corrected chi connectivity index (χ1v) is 10.1. The first kappa shape index (κ1) is 20.0. The topological polar surface area (TPSA) is 69.9 Å². The van der Waals surface area contributed by atoms with E-state index in [4.69, 9.17) is 15.2 Å². The van der Waals surface area contributed by atoms with Gasteiger partial charge in [-0.1, -0.05) is 56.8 Å². The number of allylic oxidation sites excluding steroid dienone is 1. The minimum absolute atomic E-state index is 0.116. The largest absolute Gasteiger partial charge is 0.401 e. The first-order chi connectivity index (χ1) is 14.1. The van der Waals surface area contributed by atoms with Crippen LogP contribution in [0.3, 0.4) is 0 Å². The molecule has 0 unspecified atom stereocenters. The van der Waals surface area contributed by atoms with Crippen LogP contribution in [0.15, 0.2) is 59.5 Å². The summed E-state index contributed by atoms with van der Waals surface area (Å²) in [5, 5.41) is 4.08. The lowest BCUT2D eigenvalue weighted by Crippen LogP contribution is -2.10. The number of benzene rings is 1. The summed E-state index contributed by atoms with van der Waals surface area (Å²) in [5.41, 5.74) is 15.0. The third-order valence-corrected chi connectivity index (χ3v) is 5.47. The summed E-state index contributed by atoms with van der Waals surface area (Å²) in [6.07, 6.45) is 4.00. The van der Waals surface area contributed by atoms with Crippen molar-refractivity contribution in [3.63, 3.8) is 0 Å². The Labute approximate surface area is 177 Å². The summed E-state index contributed by atoms with van der Waals surface area (Å²) in [4.78, 5) is 4.83. The highest BCUT2D eigenvalue weighted by atomic mass is 16.5. The van der Waals surface area contributed by atoms with Crippen molar-refractivity contribution in [2.24, 2.45) is 5.73 Å². The van der Waals surface area contributed by atoms with E-state index < -0.39 is 0 Å². The molecule has 0 fully saturated rings. The Morgan fingerprint density at radius 3 is 2.40 bits per heavy atom. The number of aryl methyl sites for hydroxylation is 2. The zero-order valence-corrected chi connectivity index (χ0v) is 18.3. The normalized spacial score (nSPS) is 11.9. The van der Waals surface area contributed by atoms with E-state index in [0.29, 0.717) is 12.2 Å². The number of hydrogen-bond donors (Lipinski definition) is 1. The van der Waals surface area contributed by atoms with Crippen LogP contribution in [-0.2, 0) is 12.0 Å². The molecule has 4 rings (SSSR count). The molecule has 30 heavy (non-hydrogen) atoms. The SMILES string of the molecule is C=C(N)Cn1cc(-c2ccc(C(C)(C)C)cc2)c2ncc(-c3c(C)noc3C)cc21. The van der Waals surface area contributed by atoms with Gasteiger partial charge >= 0.3 is 0 Å². The summed E-state index contributed by atoms with van der Waals surface area (Å²) in [7, 11) is 0. The molecule has 0 aliphatic carbocycles. The molecule has 3 aromatic heterocycles. The van der Waals surface area contributed by atoms with Gasteiger partial charge in [0.25, 0.3) is 0 Å². The molecule has 2 N–H and O–H groups in total. The average Bonchev–Trinajstić information content (AvgIpc) is 3.20. The number of rotatable bonds is 4. The van der Waals surface area contributed by atoms with Gasteiger partial charge in [0, 0.05) is 34.8 Å². The zero-order valence-electron chi connectivity index (χ0n) is 18.3. The molecule has 0 saturated heterocycles. The number of aromatic nitrogens is 3. The highest BCUT2D eigenvalue weighted by molar-refractivity contribution is 5.95. The van der Waals surface area contributed by atoms with Gasteiger partial charge in [0.15, 0.2) is 0 Å². The average molecular weight is 401 g/mol. The molecule has 0 spiro atoms. The molecule has 0 atom stereocenters. The van der Waals surface area contributed by atoms with Crippen LogP contribution in [0.4, 0.5) is 0 Å². The monoisotopic (exact) mass is 400 g/mol. The molecule has 0 aliphatic rings. The Kier molecular flexibility index (Phi) is 4.77. The highest BCUT2D eigenvalue weighted by Crippen LogP contribution is 2.35. The van der Waals surface area contributed by atoms with Crippen molar-refractivity contribution in [3.05, 3.63) is 72.0 Å². The van der Waals surface area contributed by atoms with E-state index in [0.717, 1.165) is 44.7 Å². The van der Waals surface area contributed by atoms with Crippen LogP contribution < -0.4 is 5.73 Å². The fraction of sp³-hybridized carbons (Fsp3) is 0.280. The quantitative estimate of drug-likeness (QED) is 0.474. The van der Waals surface area contributed by atoms with Gasteiger partial charge in [-0.25, -0.2) is 0 Å². The number of hydrogen-bond acceptors (Lipinski definition) is 4. The molecule has 0 saturated carbocycles. The maximum Gasteiger partial charge on any atom is 0.141 e. The molecular formula is C25H28N4O. The van der Waals surface area contributed by atoms with Crippen LogP contribution >= 0.6 is 0 Å². The van der Waals surface area contributed by atoms with Crippen LogP contribution in [0.2, 0.25) is 0 Å². The molecule has 5 nitrogen and oxygen atoms in total. The molecule has 0 amide bonds. The minimum Gasteiger partial charge on any atom is -0.401 e. The smallest absolute Gasteiger partial charge is 0.141 e. The maximum atomic E-state index is 5.95. The van der Waals surface area contributed by atoms with Gasteiger partial charge in [0.05, 0.1) is 23.3 Å². The molecule has 3 heterocycles. The highest BCUT2D eigenvalue weighted by Gasteiger charge is 2.18. The van der Waals surface area contributed by atoms with Crippen molar-refractivity contribution in [2.45, 2.75) is 46.6 Å². The van der Waals surface area contributed by atoms with Crippen LogP contribution in [0.5, 0.6) is 0 Å². The minimum atomic E-state index is 0.116. The number of pyridine rings is 1. The van der Waals surface area contributed by atoms with E-state index in [1.165, 1.54) is 5.56 Å². The second-order valence-corrected chi connectivity index (χ2v) is 8.95. The molecule has 4 aromatic rings. The van der Waals surface area contributed by atoms with Crippen molar-refractivity contribution in [3.8, 4) is 22.3 Å². The van der Waals surface area contributed by atoms with Crippen molar-refractivity contribution < 1.29 is 4.52 Å². The van der Waals surface area contributed by atoms with Crippen molar-refractivity contribution in [1.29, 1.82) is 0 Å². The fourth-order valence-electron chi connectivity index (χ4n) is 3.91. The van der Waals surface area contributed by atoms with Crippen molar-refractivity contribution in [1.82, 2.24) is 14.7 Å². The van der Waals surface area contributed by atoms with E-state index in [1.54, 1.807) is 0 Å². The molecule has 0 radical (unpaired) electrons. The van der Waals surface area contributed by atoms with E-state index in [9.17, 15) is 0 Å². The summed E-state index contributed by atoms with van der Waals surface area (Å²) in [6, 6.07) is 10.9. The zero-order chi connectivity index (χ0) is 21.6. The fourth-order valence-corrected chi connectivity index (χ4v) is 3.91. The van der Waals surface area contributed by atoms with Crippen LogP contribution in [0, 0.1) is 13.8 Å².